The lowest BCUT2D eigenvalue weighted by molar-refractivity contribution is 0.0934. The van der Waals surface area contributed by atoms with Crippen molar-refractivity contribution >= 4 is 12.6 Å². The SMILES string of the molecule is CCOC(C)CS. The summed E-state index contributed by atoms with van der Waals surface area (Å²) in [6.07, 6.45) is 0.313. The number of ether oxygens (including phenoxy) is 1. The highest BCUT2D eigenvalue weighted by Gasteiger charge is 1.92. The topological polar surface area (TPSA) is 9.23 Å². The van der Waals surface area contributed by atoms with Gasteiger partial charge in [-0.2, -0.15) is 12.6 Å². The van der Waals surface area contributed by atoms with Crippen molar-refractivity contribution < 1.29 is 4.74 Å². The van der Waals surface area contributed by atoms with E-state index in [-0.39, 0.29) is 0 Å². The molecule has 1 nitrogen and oxygen atoms in total. The molecule has 0 N–H and O–H groups in total. The lowest BCUT2D eigenvalue weighted by Gasteiger charge is -2.05. The van der Waals surface area contributed by atoms with Crippen LogP contribution in [0.4, 0.5) is 0 Å². The van der Waals surface area contributed by atoms with Gasteiger partial charge in [0, 0.05) is 12.4 Å². The zero-order valence-corrected chi connectivity index (χ0v) is 5.74. The third-order valence-corrected chi connectivity index (χ3v) is 1.22. The van der Waals surface area contributed by atoms with Crippen LogP contribution in [0.25, 0.3) is 0 Å². The second kappa shape index (κ2) is 4.47. The largest absolute Gasteiger partial charge is 0.378 e. The maximum absolute atomic E-state index is 5.11. The van der Waals surface area contributed by atoms with Crippen molar-refractivity contribution in [1.29, 1.82) is 0 Å². The van der Waals surface area contributed by atoms with Crippen LogP contribution >= 0.6 is 12.6 Å². The number of hydrogen-bond acceptors (Lipinski definition) is 2. The lowest BCUT2D eigenvalue weighted by Crippen LogP contribution is -2.08. The fourth-order valence-electron chi connectivity index (χ4n) is 0.337. The minimum absolute atomic E-state index is 0.313. The fraction of sp³-hybridized carbons (Fsp3) is 1.00. The monoisotopic (exact) mass is 120 g/mol. The average Bonchev–Trinajstić information content (AvgIpc) is 1.68. The zero-order chi connectivity index (χ0) is 5.70. The molecule has 0 aliphatic heterocycles. The second-order valence-electron chi connectivity index (χ2n) is 1.45. The van der Waals surface area contributed by atoms with Gasteiger partial charge in [-0.3, -0.25) is 0 Å². The van der Waals surface area contributed by atoms with Crippen LogP contribution in [0, 0.1) is 0 Å². The van der Waals surface area contributed by atoms with Gasteiger partial charge >= 0.3 is 0 Å². The van der Waals surface area contributed by atoms with Gasteiger partial charge in [0.2, 0.25) is 0 Å². The van der Waals surface area contributed by atoms with Crippen molar-refractivity contribution in [3.05, 3.63) is 0 Å². The molecule has 1 atom stereocenters. The van der Waals surface area contributed by atoms with Crippen molar-refractivity contribution in [3.63, 3.8) is 0 Å². The Morgan fingerprint density at radius 1 is 1.71 bits per heavy atom. The molecule has 1 unspecified atom stereocenters. The van der Waals surface area contributed by atoms with E-state index in [0.29, 0.717) is 6.10 Å². The number of thiol groups is 1. The normalized spacial score (nSPS) is 14.1. The molecule has 0 heterocycles. The summed E-state index contributed by atoms with van der Waals surface area (Å²) in [5, 5.41) is 0. The Balaban J connectivity index is 2.83. The van der Waals surface area contributed by atoms with Crippen LogP contribution in [0.2, 0.25) is 0 Å². The molecule has 0 aliphatic carbocycles. The minimum atomic E-state index is 0.313. The van der Waals surface area contributed by atoms with Crippen LogP contribution in [0.3, 0.4) is 0 Å². The van der Waals surface area contributed by atoms with Crippen molar-refractivity contribution in [3.8, 4) is 0 Å². The molecule has 7 heavy (non-hydrogen) atoms. The molecular formula is C5H12OS. The van der Waals surface area contributed by atoms with Gasteiger partial charge in [0.15, 0.2) is 0 Å². The summed E-state index contributed by atoms with van der Waals surface area (Å²) in [4.78, 5) is 0. The first-order valence-corrected chi connectivity index (χ1v) is 3.17. The lowest BCUT2D eigenvalue weighted by atomic mass is 10.5. The second-order valence-corrected chi connectivity index (χ2v) is 1.81. The third kappa shape index (κ3) is 4.16. The van der Waals surface area contributed by atoms with Crippen molar-refractivity contribution in [2.45, 2.75) is 20.0 Å². The van der Waals surface area contributed by atoms with E-state index < -0.39 is 0 Å². The Morgan fingerprint density at radius 3 is 2.43 bits per heavy atom. The fourth-order valence-corrected chi connectivity index (χ4v) is 0.443. The van der Waals surface area contributed by atoms with Crippen LogP contribution in [-0.4, -0.2) is 18.5 Å². The highest BCUT2D eigenvalue weighted by atomic mass is 32.1. The summed E-state index contributed by atoms with van der Waals surface area (Å²) >= 11 is 4.02. The van der Waals surface area contributed by atoms with E-state index in [2.05, 4.69) is 12.6 Å². The van der Waals surface area contributed by atoms with Crippen molar-refractivity contribution in [2.75, 3.05) is 12.4 Å². The molecule has 0 fully saturated rings. The molecule has 44 valence electrons. The first-order valence-electron chi connectivity index (χ1n) is 2.53. The smallest absolute Gasteiger partial charge is 0.0634 e. The number of rotatable bonds is 3. The molecule has 0 aromatic carbocycles. The van der Waals surface area contributed by atoms with E-state index in [0.717, 1.165) is 12.4 Å². The zero-order valence-electron chi connectivity index (χ0n) is 4.85. The molecule has 0 spiro atoms. The Bertz CT molecular complexity index is 39.1. The van der Waals surface area contributed by atoms with Crippen LogP contribution in [0.5, 0.6) is 0 Å². The molecule has 0 aromatic rings. The van der Waals surface area contributed by atoms with Crippen molar-refractivity contribution in [1.82, 2.24) is 0 Å². The van der Waals surface area contributed by atoms with Gasteiger partial charge in [-0.15, -0.1) is 0 Å². The predicted molar refractivity (Wildman–Crippen MR) is 34.9 cm³/mol. The molecule has 0 rings (SSSR count). The summed E-state index contributed by atoms with van der Waals surface area (Å²) in [5.41, 5.74) is 0. The van der Waals surface area contributed by atoms with E-state index >= 15 is 0 Å². The third-order valence-electron chi connectivity index (χ3n) is 0.708. The Kier molecular flexibility index (Phi) is 4.67. The van der Waals surface area contributed by atoms with Gasteiger partial charge in [0.05, 0.1) is 6.10 Å². The van der Waals surface area contributed by atoms with Crippen molar-refractivity contribution in [2.24, 2.45) is 0 Å². The highest BCUT2D eigenvalue weighted by molar-refractivity contribution is 7.80. The predicted octanol–water partition coefficient (Wildman–Crippen LogP) is 1.34. The molecule has 0 aromatic heterocycles. The Morgan fingerprint density at radius 2 is 2.29 bits per heavy atom. The molecular weight excluding hydrogens is 108 g/mol. The molecule has 0 amide bonds. The van der Waals surface area contributed by atoms with Gasteiger partial charge in [0.1, 0.15) is 0 Å². The van der Waals surface area contributed by atoms with Gasteiger partial charge in [0.25, 0.3) is 0 Å². The standard InChI is InChI=1S/C5H12OS/c1-3-6-5(2)4-7/h5,7H,3-4H2,1-2H3. The van der Waals surface area contributed by atoms with Crippen LogP contribution < -0.4 is 0 Å². The molecule has 0 bridgehead atoms. The van der Waals surface area contributed by atoms with Crippen LogP contribution in [-0.2, 0) is 4.74 Å². The Labute approximate surface area is 50.5 Å². The first-order chi connectivity index (χ1) is 3.31. The number of hydrogen-bond donors (Lipinski definition) is 1. The van der Waals surface area contributed by atoms with E-state index in [1.807, 2.05) is 13.8 Å². The summed E-state index contributed by atoms with van der Waals surface area (Å²) < 4.78 is 5.11. The maximum Gasteiger partial charge on any atom is 0.0634 e. The molecule has 0 saturated heterocycles. The summed E-state index contributed by atoms with van der Waals surface area (Å²) in [6, 6.07) is 0. The van der Waals surface area contributed by atoms with Gasteiger partial charge in [-0.1, -0.05) is 0 Å². The maximum atomic E-state index is 5.11. The summed E-state index contributed by atoms with van der Waals surface area (Å²) in [5.74, 6) is 0.813. The molecule has 2 heteroatoms. The van der Waals surface area contributed by atoms with E-state index in [4.69, 9.17) is 4.74 Å². The minimum Gasteiger partial charge on any atom is -0.378 e. The summed E-state index contributed by atoms with van der Waals surface area (Å²) in [6.45, 7) is 4.79. The average molecular weight is 120 g/mol. The van der Waals surface area contributed by atoms with Gasteiger partial charge < -0.3 is 4.74 Å². The molecule has 0 aliphatic rings. The van der Waals surface area contributed by atoms with E-state index in [9.17, 15) is 0 Å². The molecule has 0 radical (unpaired) electrons. The highest BCUT2D eigenvalue weighted by Crippen LogP contribution is 1.90. The van der Waals surface area contributed by atoms with Gasteiger partial charge in [-0.25, -0.2) is 0 Å². The summed E-state index contributed by atoms with van der Waals surface area (Å²) in [7, 11) is 0. The van der Waals surface area contributed by atoms with Crippen LogP contribution in [0.15, 0.2) is 0 Å². The first kappa shape index (κ1) is 7.31. The van der Waals surface area contributed by atoms with Gasteiger partial charge in [-0.05, 0) is 13.8 Å². The van der Waals surface area contributed by atoms with Crippen LogP contribution in [0.1, 0.15) is 13.8 Å². The van der Waals surface area contributed by atoms with E-state index in [1.165, 1.54) is 0 Å². The van der Waals surface area contributed by atoms with E-state index in [1.54, 1.807) is 0 Å². The molecule has 0 saturated carbocycles. The Hall–Kier alpha value is 0.310. The quantitative estimate of drug-likeness (QED) is 0.553.